The van der Waals surface area contributed by atoms with E-state index in [4.69, 9.17) is 9.47 Å². The van der Waals surface area contributed by atoms with E-state index in [9.17, 15) is 9.59 Å². The molecule has 0 amide bonds. The van der Waals surface area contributed by atoms with Crippen LogP contribution < -0.4 is 0 Å². The van der Waals surface area contributed by atoms with E-state index in [0.29, 0.717) is 0 Å². The Labute approximate surface area is 118 Å². The number of hydrogen-bond acceptors (Lipinski definition) is 4. The lowest BCUT2D eigenvalue weighted by Crippen LogP contribution is -2.16. The van der Waals surface area contributed by atoms with Crippen molar-refractivity contribution in [3.63, 3.8) is 0 Å². The molecule has 0 fully saturated rings. The van der Waals surface area contributed by atoms with E-state index < -0.39 is 0 Å². The SMILES string of the molecule is C.CC(C)OC(=O)C(C)C.CC(C)OC(=O)C(C)C. The Bertz CT molecular complexity index is 217. The molecular formula is C15H32O4. The molecule has 0 heterocycles. The standard InChI is InChI=1S/2C7H14O2.CH4/c2*1-5(2)7(8)9-6(3)4;/h2*5-6H,1-4H3;1H4. The first-order valence-corrected chi connectivity index (χ1v) is 6.48. The van der Waals surface area contributed by atoms with Crippen LogP contribution in [0.4, 0.5) is 0 Å². The molecule has 0 radical (unpaired) electrons. The van der Waals surface area contributed by atoms with E-state index in [1.54, 1.807) is 0 Å². The van der Waals surface area contributed by atoms with Gasteiger partial charge in [-0.3, -0.25) is 9.59 Å². The van der Waals surface area contributed by atoms with Crippen molar-refractivity contribution in [2.24, 2.45) is 11.8 Å². The highest BCUT2D eigenvalue weighted by Crippen LogP contribution is 1.99. The van der Waals surface area contributed by atoms with E-state index in [-0.39, 0.29) is 43.4 Å². The highest BCUT2D eigenvalue weighted by molar-refractivity contribution is 5.71. The van der Waals surface area contributed by atoms with Gasteiger partial charge >= 0.3 is 11.9 Å². The van der Waals surface area contributed by atoms with Gasteiger partial charge in [0.15, 0.2) is 0 Å². The molecule has 4 nitrogen and oxygen atoms in total. The lowest BCUT2D eigenvalue weighted by molar-refractivity contribution is -0.152. The van der Waals surface area contributed by atoms with Crippen molar-refractivity contribution in [1.29, 1.82) is 0 Å². The quantitative estimate of drug-likeness (QED) is 0.732. The van der Waals surface area contributed by atoms with Gasteiger partial charge in [0.2, 0.25) is 0 Å². The molecule has 0 spiro atoms. The number of ether oxygens (including phenoxy) is 2. The number of carbonyl (C=O) groups excluding carboxylic acids is 2. The van der Waals surface area contributed by atoms with Gasteiger partial charge in [-0.25, -0.2) is 0 Å². The fraction of sp³-hybridized carbons (Fsp3) is 0.867. The molecule has 0 aromatic carbocycles. The molecule has 0 saturated carbocycles. The van der Waals surface area contributed by atoms with E-state index in [0.717, 1.165) is 0 Å². The fourth-order valence-electron chi connectivity index (χ4n) is 0.737. The maximum Gasteiger partial charge on any atom is 0.308 e. The molecule has 0 aliphatic carbocycles. The second-order valence-electron chi connectivity index (χ2n) is 5.28. The number of hydrogen-bond donors (Lipinski definition) is 0. The van der Waals surface area contributed by atoms with Crippen molar-refractivity contribution in [3.8, 4) is 0 Å². The molecule has 0 saturated heterocycles. The van der Waals surface area contributed by atoms with E-state index in [1.165, 1.54) is 0 Å². The normalized spacial score (nSPS) is 9.89. The lowest BCUT2D eigenvalue weighted by atomic mass is 10.2. The summed E-state index contributed by atoms with van der Waals surface area (Å²) < 4.78 is 9.75. The van der Waals surface area contributed by atoms with Crippen molar-refractivity contribution in [1.82, 2.24) is 0 Å². The minimum atomic E-state index is -0.120. The summed E-state index contributed by atoms with van der Waals surface area (Å²) in [4.78, 5) is 21.5. The Kier molecular flexibility index (Phi) is 14.6. The average Bonchev–Trinajstić information content (AvgIpc) is 2.16. The topological polar surface area (TPSA) is 52.6 Å². The first-order valence-electron chi connectivity index (χ1n) is 6.48. The van der Waals surface area contributed by atoms with Crippen LogP contribution in [0.15, 0.2) is 0 Å². The summed E-state index contributed by atoms with van der Waals surface area (Å²) in [6.45, 7) is 14.7. The summed E-state index contributed by atoms with van der Waals surface area (Å²) in [5.74, 6) is -0.255. The van der Waals surface area contributed by atoms with Gasteiger partial charge in [0.25, 0.3) is 0 Å². The maximum absolute atomic E-state index is 10.7. The Morgan fingerprint density at radius 3 is 0.895 bits per heavy atom. The van der Waals surface area contributed by atoms with Crippen LogP contribution in [-0.4, -0.2) is 24.1 Å². The molecule has 0 N–H and O–H groups in total. The van der Waals surface area contributed by atoms with Gasteiger partial charge in [0.1, 0.15) is 0 Å². The average molecular weight is 276 g/mol. The van der Waals surface area contributed by atoms with Crippen LogP contribution in [0.2, 0.25) is 0 Å². The summed E-state index contributed by atoms with van der Waals surface area (Å²) in [6, 6.07) is 0. The second kappa shape index (κ2) is 12.0. The smallest absolute Gasteiger partial charge is 0.308 e. The van der Waals surface area contributed by atoms with Gasteiger partial charge in [-0.15, -0.1) is 0 Å². The molecule has 0 aromatic rings. The highest BCUT2D eigenvalue weighted by atomic mass is 16.5. The predicted octanol–water partition coefficient (Wildman–Crippen LogP) is 3.82. The zero-order valence-corrected chi connectivity index (χ0v) is 12.9. The molecule has 0 aliphatic heterocycles. The third-order valence-corrected chi connectivity index (χ3v) is 1.65. The Balaban J connectivity index is -0.000000256. The molecule has 0 atom stereocenters. The van der Waals surface area contributed by atoms with Crippen molar-refractivity contribution in [2.75, 3.05) is 0 Å². The molecule has 116 valence electrons. The van der Waals surface area contributed by atoms with Gasteiger partial charge in [0.05, 0.1) is 24.0 Å². The van der Waals surface area contributed by atoms with Crippen LogP contribution in [0.1, 0.15) is 62.8 Å². The zero-order valence-electron chi connectivity index (χ0n) is 12.9. The minimum absolute atomic E-state index is 0. The predicted molar refractivity (Wildman–Crippen MR) is 78.9 cm³/mol. The molecule has 0 rings (SSSR count). The molecule has 19 heavy (non-hydrogen) atoms. The summed E-state index contributed by atoms with van der Waals surface area (Å²) in [5, 5.41) is 0. The molecule has 0 bridgehead atoms. The van der Waals surface area contributed by atoms with Crippen molar-refractivity contribution in [2.45, 2.75) is 75.0 Å². The van der Waals surface area contributed by atoms with E-state index >= 15 is 0 Å². The van der Waals surface area contributed by atoms with Gasteiger partial charge in [-0.2, -0.15) is 0 Å². The summed E-state index contributed by atoms with van der Waals surface area (Å²) >= 11 is 0. The Morgan fingerprint density at radius 2 is 0.842 bits per heavy atom. The largest absolute Gasteiger partial charge is 0.463 e. The van der Waals surface area contributed by atoms with Gasteiger partial charge < -0.3 is 9.47 Å². The Morgan fingerprint density at radius 1 is 0.632 bits per heavy atom. The number of carbonyl (C=O) groups is 2. The summed E-state index contributed by atoms with van der Waals surface area (Å²) in [5.41, 5.74) is 0. The zero-order chi connectivity index (χ0) is 14.9. The number of rotatable bonds is 4. The maximum atomic E-state index is 10.7. The first kappa shape index (κ1) is 23.1. The van der Waals surface area contributed by atoms with Crippen LogP contribution in [0.25, 0.3) is 0 Å². The molecule has 0 aliphatic rings. The summed E-state index contributed by atoms with van der Waals surface area (Å²) in [6.07, 6.45) is 0.0276. The minimum Gasteiger partial charge on any atom is -0.463 e. The Hall–Kier alpha value is -1.06. The van der Waals surface area contributed by atoms with Gasteiger partial charge in [-0.1, -0.05) is 35.1 Å². The molecule has 0 unspecified atom stereocenters. The van der Waals surface area contributed by atoms with Crippen LogP contribution in [-0.2, 0) is 19.1 Å². The van der Waals surface area contributed by atoms with Gasteiger partial charge in [-0.05, 0) is 27.7 Å². The van der Waals surface area contributed by atoms with Gasteiger partial charge in [0, 0.05) is 0 Å². The summed E-state index contributed by atoms with van der Waals surface area (Å²) in [7, 11) is 0. The first-order chi connectivity index (χ1) is 8.07. The highest BCUT2D eigenvalue weighted by Gasteiger charge is 2.09. The molecule has 0 aromatic heterocycles. The van der Waals surface area contributed by atoms with Crippen LogP contribution in [0.3, 0.4) is 0 Å². The number of esters is 2. The molecular weight excluding hydrogens is 244 g/mol. The van der Waals surface area contributed by atoms with E-state index in [1.807, 2.05) is 55.4 Å². The third-order valence-electron chi connectivity index (χ3n) is 1.65. The van der Waals surface area contributed by atoms with Crippen LogP contribution in [0, 0.1) is 11.8 Å². The second-order valence-corrected chi connectivity index (χ2v) is 5.28. The van der Waals surface area contributed by atoms with Crippen molar-refractivity contribution < 1.29 is 19.1 Å². The van der Waals surface area contributed by atoms with E-state index in [2.05, 4.69) is 0 Å². The van der Waals surface area contributed by atoms with Crippen molar-refractivity contribution >= 4 is 11.9 Å². The van der Waals surface area contributed by atoms with Crippen molar-refractivity contribution in [3.05, 3.63) is 0 Å². The van der Waals surface area contributed by atoms with Crippen LogP contribution >= 0.6 is 0 Å². The molecule has 4 heteroatoms. The lowest BCUT2D eigenvalue weighted by Gasteiger charge is -2.08. The fourth-order valence-corrected chi connectivity index (χ4v) is 0.737. The third kappa shape index (κ3) is 16.9. The van der Waals surface area contributed by atoms with Crippen LogP contribution in [0.5, 0.6) is 0 Å². The monoisotopic (exact) mass is 276 g/mol.